The van der Waals surface area contributed by atoms with Crippen molar-refractivity contribution in [2.45, 2.75) is 13.3 Å². The van der Waals surface area contributed by atoms with Crippen LogP contribution in [0.4, 0.5) is 0 Å². The van der Waals surface area contributed by atoms with Gasteiger partial charge in [-0.25, -0.2) is 0 Å². The minimum Gasteiger partial charge on any atom is -0.508 e. The molecular formula is C13H15NO2. The first kappa shape index (κ1) is 10.7. The Kier molecular flexibility index (Phi) is 2.95. The average Bonchev–Trinajstić information content (AvgIpc) is 2.29. The summed E-state index contributed by atoms with van der Waals surface area (Å²) in [5, 5.41) is 9.29. The van der Waals surface area contributed by atoms with Gasteiger partial charge in [0.25, 0.3) is 5.91 Å². The lowest BCUT2D eigenvalue weighted by Gasteiger charge is -2.24. The van der Waals surface area contributed by atoms with Crippen LogP contribution in [0.5, 0.6) is 5.75 Å². The summed E-state index contributed by atoms with van der Waals surface area (Å²) in [7, 11) is 0. The summed E-state index contributed by atoms with van der Waals surface area (Å²) in [6.45, 7) is 3.29. The van der Waals surface area contributed by atoms with Crippen molar-refractivity contribution >= 4 is 5.91 Å². The van der Waals surface area contributed by atoms with Crippen LogP contribution in [0.3, 0.4) is 0 Å². The first-order valence-corrected chi connectivity index (χ1v) is 5.42. The SMILES string of the molecule is Cc1cc(O)ccc1C(=O)N1CC=CCC1. The van der Waals surface area contributed by atoms with E-state index in [0.717, 1.165) is 18.5 Å². The highest BCUT2D eigenvalue weighted by Gasteiger charge is 2.17. The van der Waals surface area contributed by atoms with Gasteiger partial charge in [0.1, 0.15) is 5.75 Å². The molecular weight excluding hydrogens is 202 g/mol. The zero-order chi connectivity index (χ0) is 11.5. The molecule has 1 heterocycles. The molecule has 0 atom stereocenters. The normalized spacial score (nSPS) is 15.2. The standard InChI is InChI=1S/C13H15NO2/c1-10-9-11(15)5-6-12(10)13(16)14-7-3-2-4-8-14/h2-3,5-6,9,15H,4,7-8H2,1H3. The lowest BCUT2D eigenvalue weighted by atomic mass is 10.1. The van der Waals surface area contributed by atoms with E-state index in [1.165, 1.54) is 0 Å². The van der Waals surface area contributed by atoms with Crippen LogP contribution in [0, 0.1) is 6.92 Å². The summed E-state index contributed by atoms with van der Waals surface area (Å²) in [6.07, 6.45) is 5.02. The van der Waals surface area contributed by atoms with Crippen LogP contribution >= 0.6 is 0 Å². The van der Waals surface area contributed by atoms with Crippen LogP contribution in [-0.2, 0) is 0 Å². The molecule has 0 bridgehead atoms. The van der Waals surface area contributed by atoms with Gasteiger partial charge in [0.05, 0.1) is 0 Å². The van der Waals surface area contributed by atoms with Gasteiger partial charge >= 0.3 is 0 Å². The summed E-state index contributed by atoms with van der Waals surface area (Å²) < 4.78 is 0. The van der Waals surface area contributed by atoms with Gasteiger partial charge in [-0.3, -0.25) is 4.79 Å². The summed E-state index contributed by atoms with van der Waals surface area (Å²) in [5.41, 5.74) is 1.49. The third kappa shape index (κ3) is 2.08. The molecule has 1 amide bonds. The van der Waals surface area contributed by atoms with Crippen molar-refractivity contribution in [1.82, 2.24) is 4.90 Å². The second-order valence-electron chi connectivity index (χ2n) is 4.01. The van der Waals surface area contributed by atoms with E-state index < -0.39 is 0 Å². The highest BCUT2D eigenvalue weighted by Crippen LogP contribution is 2.18. The van der Waals surface area contributed by atoms with Crippen LogP contribution in [0.25, 0.3) is 0 Å². The molecule has 0 radical (unpaired) electrons. The smallest absolute Gasteiger partial charge is 0.254 e. The van der Waals surface area contributed by atoms with Crippen molar-refractivity contribution in [3.63, 3.8) is 0 Å². The van der Waals surface area contributed by atoms with Gasteiger partial charge in [0, 0.05) is 18.7 Å². The molecule has 0 fully saturated rings. The van der Waals surface area contributed by atoms with Crippen molar-refractivity contribution in [2.75, 3.05) is 13.1 Å². The second-order valence-corrected chi connectivity index (χ2v) is 4.01. The van der Waals surface area contributed by atoms with Crippen molar-refractivity contribution in [3.05, 3.63) is 41.5 Å². The summed E-state index contributed by atoms with van der Waals surface area (Å²) >= 11 is 0. The molecule has 0 saturated heterocycles. The number of hydrogen-bond donors (Lipinski definition) is 1. The molecule has 1 aliphatic heterocycles. The number of hydrogen-bond acceptors (Lipinski definition) is 2. The molecule has 1 aliphatic rings. The summed E-state index contributed by atoms with van der Waals surface area (Å²) in [6, 6.07) is 4.86. The monoisotopic (exact) mass is 217 g/mol. The maximum Gasteiger partial charge on any atom is 0.254 e. The maximum absolute atomic E-state index is 12.1. The number of aromatic hydroxyl groups is 1. The molecule has 1 N–H and O–H groups in total. The van der Waals surface area contributed by atoms with E-state index in [1.54, 1.807) is 18.2 Å². The molecule has 3 heteroatoms. The Balaban J connectivity index is 2.23. The number of aryl methyl sites for hydroxylation is 1. The highest BCUT2D eigenvalue weighted by molar-refractivity contribution is 5.96. The predicted molar refractivity (Wildman–Crippen MR) is 62.5 cm³/mol. The first-order valence-electron chi connectivity index (χ1n) is 5.42. The zero-order valence-electron chi connectivity index (χ0n) is 9.31. The molecule has 0 aliphatic carbocycles. The van der Waals surface area contributed by atoms with E-state index in [-0.39, 0.29) is 11.7 Å². The first-order chi connectivity index (χ1) is 7.68. The van der Waals surface area contributed by atoms with E-state index in [1.807, 2.05) is 17.9 Å². The lowest BCUT2D eigenvalue weighted by molar-refractivity contribution is 0.0770. The highest BCUT2D eigenvalue weighted by atomic mass is 16.3. The quantitative estimate of drug-likeness (QED) is 0.732. The lowest BCUT2D eigenvalue weighted by Crippen LogP contribution is -2.34. The Bertz CT molecular complexity index is 438. The minimum atomic E-state index is 0.0434. The van der Waals surface area contributed by atoms with Crippen molar-refractivity contribution in [2.24, 2.45) is 0 Å². The predicted octanol–water partition coefficient (Wildman–Crippen LogP) is 2.10. The fourth-order valence-electron chi connectivity index (χ4n) is 1.88. The van der Waals surface area contributed by atoms with Gasteiger partial charge in [-0.15, -0.1) is 0 Å². The molecule has 3 nitrogen and oxygen atoms in total. The summed E-state index contributed by atoms with van der Waals surface area (Å²) in [5.74, 6) is 0.245. The van der Waals surface area contributed by atoms with Gasteiger partial charge in [0.2, 0.25) is 0 Å². The molecule has 16 heavy (non-hydrogen) atoms. The van der Waals surface area contributed by atoms with Crippen molar-refractivity contribution < 1.29 is 9.90 Å². The van der Waals surface area contributed by atoms with Gasteiger partial charge < -0.3 is 10.0 Å². The van der Waals surface area contributed by atoms with E-state index in [0.29, 0.717) is 12.1 Å². The van der Waals surface area contributed by atoms with Gasteiger partial charge in [-0.1, -0.05) is 12.2 Å². The Labute approximate surface area is 95.0 Å². The number of phenolic OH excluding ortho intramolecular Hbond substituents is 1. The number of amides is 1. The maximum atomic E-state index is 12.1. The Morgan fingerprint density at radius 3 is 2.81 bits per heavy atom. The molecule has 1 aromatic carbocycles. The van der Waals surface area contributed by atoms with E-state index in [9.17, 15) is 9.90 Å². The van der Waals surface area contributed by atoms with Crippen molar-refractivity contribution in [1.29, 1.82) is 0 Å². The summed E-state index contributed by atoms with van der Waals surface area (Å²) in [4.78, 5) is 14.0. The van der Waals surface area contributed by atoms with Crippen molar-refractivity contribution in [3.8, 4) is 5.75 Å². The van der Waals surface area contributed by atoms with Gasteiger partial charge in [0.15, 0.2) is 0 Å². The molecule has 84 valence electrons. The fourth-order valence-corrected chi connectivity index (χ4v) is 1.88. The molecule has 0 aromatic heterocycles. The largest absolute Gasteiger partial charge is 0.508 e. The van der Waals surface area contributed by atoms with Crippen LogP contribution in [0.15, 0.2) is 30.4 Å². The van der Waals surface area contributed by atoms with Crippen LogP contribution in [0.2, 0.25) is 0 Å². The van der Waals surface area contributed by atoms with E-state index in [4.69, 9.17) is 0 Å². The molecule has 2 rings (SSSR count). The Hall–Kier alpha value is -1.77. The van der Waals surface area contributed by atoms with Gasteiger partial charge in [-0.2, -0.15) is 0 Å². The van der Waals surface area contributed by atoms with E-state index >= 15 is 0 Å². The fraction of sp³-hybridized carbons (Fsp3) is 0.308. The number of carbonyl (C=O) groups is 1. The van der Waals surface area contributed by atoms with Crippen LogP contribution < -0.4 is 0 Å². The number of benzene rings is 1. The second kappa shape index (κ2) is 4.39. The molecule has 0 saturated carbocycles. The Morgan fingerprint density at radius 1 is 1.38 bits per heavy atom. The average molecular weight is 217 g/mol. The minimum absolute atomic E-state index is 0.0434. The van der Waals surface area contributed by atoms with Crippen LogP contribution in [-0.4, -0.2) is 29.0 Å². The third-order valence-corrected chi connectivity index (χ3v) is 2.79. The third-order valence-electron chi connectivity index (χ3n) is 2.79. The number of phenols is 1. The molecule has 0 unspecified atom stereocenters. The van der Waals surface area contributed by atoms with Crippen LogP contribution in [0.1, 0.15) is 22.3 Å². The topological polar surface area (TPSA) is 40.5 Å². The molecule has 0 spiro atoms. The number of nitrogens with zero attached hydrogens (tertiary/aromatic N) is 1. The zero-order valence-corrected chi connectivity index (χ0v) is 9.31. The Morgan fingerprint density at radius 2 is 2.19 bits per heavy atom. The van der Waals surface area contributed by atoms with E-state index in [2.05, 4.69) is 6.08 Å². The van der Waals surface area contributed by atoms with Gasteiger partial charge in [-0.05, 0) is 37.1 Å². The molecule has 1 aromatic rings. The number of carbonyl (C=O) groups excluding carboxylic acids is 1. The number of rotatable bonds is 1.